The van der Waals surface area contributed by atoms with Gasteiger partial charge in [-0.15, -0.1) is 0 Å². The fourth-order valence-corrected chi connectivity index (χ4v) is 2.72. The number of piperidine rings is 1. The molecule has 1 aliphatic rings. The number of likely N-dealkylation sites (tertiary alicyclic amines) is 1. The predicted molar refractivity (Wildman–Crippen MR) is 94.6 cm³/mol. The van der Waals surface area contributed by atoms with Gasteiger partial charge in [-0.05, 0) is 46.1 Å². The zero-order valence-electron chi connectivity index (χ0n) is 15.5. The van der Waals surface area contributed by atoms with E-state index in [0.29, 0.717) is 18.7 Å². The van der Waals surface area contributed by atoms with Gasteiger partial charge in [-0.1, -0.05) is 0 Å². The molecule has 1 fully saturated rings. The summed E-state index contributed by atoms with van der Waals surface area (Å²) in [4.78, 5) is 37.8. The molecule has 0 radical (unpaired) electrons. The van der Waals surface area contributed by atoms with Crippen molar-refractivity contribution >= 4 is 17.9 Å². The number of hydrogen-bond acceptors (Lipinski definition) is 5. The van der Waals surface area contributed by atoms with Gasteiger partial charge < -0.3 is 24.7 Å². The van der Waals surface area contributed by atoms with Crippen molar-refractivity contribution in [3.8, 4) is 0 Å². The number of carbonyl (C=O) groups excluding carboxylic acids is 3. The topological polar surface area (TPSA) is 101 Å². The molecule has 0 spiro atoms. The normalized spacial score (nSPS) is 17.5. The predicted octanol–water partition coefficient (Wildman–Crippen LogP) is 1.92. The molecule has 0 aliphatic carbocycles. The second-order valence-corrected chi connectivity index (χ2v) is 7.32. The number of nitrogens with zero attached hydrogens (tertiary/aromatic N) is 1. The second kappa shape index (κ2) is 8.73. The van der Waals surface area contributed by atoms with E-state index >= 15 is 0 Å². The van der Waals surface area contributed by atoms with Gasteiger partial charge in [-0.25, -0.2) is 4.79 Å². The summed E-state index contributed by atoms with van der Waals surface area (Å²) in [5, 5.41) is 5.30. The van der Waals surface area contributed by atoms with Crippen molar-refractivity contribution in [2.45, 2.75) is 51.7 Å². The molecule has 26 heavy (non-hydrogen) atoms. The highest BCUT2D eigenvalue weighted by atomic mass is 16.6. The number of carbonyl (C=O) groups is 3. The smallest absolute Gasteiger partial charge is 0.410 e. The fourth-order valence-electron chi connectivity index (χ4n) is 2.72. The molecule has 8 heteroatoms. The molecule has 1 atom stereocenters. The average Bonchev–Trinajstić information content (AvgIpc) is 3.11. The van der Waals surface area contributed by atoms with Crippen LogP contribution in [0.2, 0.25) is 0 Å². The van der Waals surface area contributed by atoms with Gasteiger partial charge in [0.05, 0.1) is 24.4 Å². The maximum absolute atomic E-state index is 12.3. The molecule has 0 bridgehead atoms. The number of furan rings is 1. The number of nitrogens with one attached hydrogen (secondary N) is 2. The van der Waals surface area contributed by atoms with E-state index in [-0.39, 0.29) is 30.5 Å². The Labute approximate surface area is 153 Å². The van der Waals surface area contributed by atoms with Crippen molar-refractivity contribution in [1.29, 1.82) is 0 Å². The average molecular weight is 365 g/mol. The quantitative estimate of drug-likeness (QED) is 0.830. The van der Waals surface area contributed by atoms with Crippen molar-refractivity contribution in [3.05, 3.63) is 24.2 Å². The van der Waals surface area contributed by atoms with Crippen molar-refractivity contribution in [3.63, 3.8) is 0 Å². The second-order valence-electron chi connectivity index (χ2n) is 7.32. The van der Waals surface area contributed by atoms with E-state index in [2.05, 4.69) is 10.6 Å². The lowest BCUT2D eigenvalue weighted by Crippen LogP contribution is -2.51. The standard InChI is InChI=1S/C18H27N3O5/c1-18(2,3)26-17(24)21-8-5-4-6-14(21)10-19-15(22)11-20-16(23)13-7-9-25-12-13/h7,9,12,14H,4-6,8,10-11H2,1-3H3,(H,19,22)(H,20,23). The first-order valence-corrected chi connectivity index (χ1v) is 8.83. The minimum absolute atomic E-state index is 0.105. The van der Waals surface area contributed by atoms with Gasteiger partial charge in [-0.2, -0.15) is 0 Å². The van der Waals surface area contributed by atoms with Gasteiger partial charge >= 0.3 is 6.09 Å². The van der Waals surface area contributed by atoms with Crippen LogP contribution in [0.5, 0.6) is 0 Å². The van der Waals surface area contributed by atoms with E-state index in [1.54, 1.807) is 4.90 Å². The van der Waals surface area contributed by atoms with E-state index in [9.17, 15) is 14.4 Å². The maximum atomic E-state index is 12.3. The molecule has 1 aromatic rings. The summed E-state index contributed by atoms with van der Waals surface area (Å²) in [6, 6.07) is 1.42. The lowest BCUT2D eigenvalue weighted by Gasteiger charge is -2.36. The van der Waals surface area contributed by atoms with Crippen LogP contribution in [0.3, 0.4) is 0 Å². The van der Waals surface area contributed by atoms with Gasteiger partial charge in [-0.3, -0.25) is 9.59 Å². The Balaban J connectivity index is 1.79. The molecule has 3 amide bonds. The summed E-state index contributed by atoms with van der Waals surface area (Å²) in [6.07, 6.45) is 5.07. The highest BCUT2D eigenvalue weighted by Crippen LogP contribution is 2.20. The van der Waals surface area contributed by atoms with Crippen LogP contribution in [-0.4, -0.2) is 54.1 Å². The van der Waals surface area contributed by atoms with Crippen molar-refractivity contribution < 1.29 is 23.5 Å². The molecule has 1 saturated heterocycles. The zero-order valence-corrected chi connectivity index (χ0v) is 15.5. The van der Waals surface area contributed by atoms with Crippen LogP contribution in [0.4, 0.5) is 4.79 Å². The van der Waals surface area contributed by atoms with Crippen LogP contribution in [0, 0.1) is 0 Å². The Kier molecular flexibility index (Phi) is 6.65. The van der Waals surface area contributed by atoms with Gasteiger partial charge in [0.25, 0.3) is 5.91 Å². The largest absolute Gasteiger partial charge is 0.472 e. The summed E-state index contributed by atoms with van der Waals surface area (Å²) in [7, 11) is 0. The molecule has 1 aromatic heterocycles. The van der Waals surface area contributed by atoms with Crippen LogP contribution in [-0.2, 0) is 9.53 Å². The third-order valence-electron chi connectivity index (χ3n) is 3.98. The third kappa shape index (κ3) is 6.09. The Morgan fingerprint density at radius 2 is 2.04 bits per heavy atom. The molecule has 1 unspecified atom stereocenters. The zero-order chi connectivity index (χ0) is 19.2. The van der Waals surface area contributed by atoms with Crippen molar-refractivity contribution in [1.82, 2.24) is 15.5 Å². The number of ether oxygens (including phenoxy) is 1. The Morgan fingerprint density at radius 1 is 1.27 bits per heavy atom. The van der Waals surface area contributed by atoms with Gasteiger partial charge in [0.15, 0.2) is 0 Å². The highest BCUT2D eigenvalue weighted by molar-refractivity contribution is 5.96. The van der Waals surface area contributed by atoms with E-state index in [0.717, 1.165) is 19.3 Å². The van der Waals surface area contributed by atoms with Crippen LogP contribution >= 0.6 is 0 Å². The van der Waals surface area contributed by atoms with Crippen LogP contribution < -0.4 is 10.6 Å². The van der Waals surface area contributed by atoms with Crippen LogP contribution in [0.1, 0.15) is 50.4 Å². The first kappa shape index (κ1) is 19.8. The lowest BCUT2D eigenvalue weighted by molar-refractivity contribution is -0.120. The molecule has 1 aliphatic heterocycles. The first-order chi connectivity index (χ1) is 12.3. The first-order valence-electron chi connectivity index (χ1n) is 8.83. The maximum Gasteiger partial charge on any atom is 0.410 e. The number of hydrogen-bond donors (Lipinski definition) is 2. The fraction of sp³-hybridized carbons (Fsp3) is 0.611. The monoisotopic (exact) mass is 365 g/mol. The molecule has 0 aromatic carbocycles. The van der Waals surface area contributed by atoms with Crippen molar-refractivity contribution in [2.24, 2.45) is 0 Å². The minimum atomic E-state index is -0.556. The van der Waals surface area contributed by atoms with Crippen LogP contribution in [0.25, 0.3) is 0 Å². The molecule has 2 rings (SSSR count). The molecular formula is C18H27N3O5. The summed E-state index contributed by atoms with van der Waals surface area (Å²) < 4.78 is 10.3. The third-order valence-corrected chi connectivity index (χ3v) is 3.98. The number of rotatable bonds is 5. The summed E-state index contributed by atoms with van der Waals surface area (Å²) in [5.41, 5.74) is -0.194. The van der Waals surface area contributed by atoms with Gasteiger partial charge in [0.1, 0.15) is 11.9 Å². The molecule has 2 N–H and O–H groups in total. The van der Waals surface area contributed by atoms with E-state index in [4.69, 9.17) is 9.15 Å². The Hall–Kier alpha value is -2.51. The Morgan fingerprint density at radius 3 is 2.69 bits per heavy atom. The summed E-state index contributed by atoms with van der Waals surface area (Å²) >= 11 is 0. The SMILES string of the molecule is CC(C)(C)OC(=O)N1CCCCC1CNC(=O)CNC(=O)c1ccoc1. The highest BCUT2D eigenvalue weighted by Gasteiger charge is 2.30. The molecule has 144 valence electrons. The Bertz CT molecular complexity index is 621. The van der Waals surface area contributed by atoms with Crippen molar-refractivity contribution in [2.75, 3.05) is 19.6 Å². The minimum Gasteiger partial charge on any atom is -0.472 e. The number of amides is 3. The van der Waals surface area contributed by atoms with E-state index in [1.165, 1.54) is 18.6 Å². The van der Waals surface area contributed by atoms with E-state index in [1.807, 2.05) is 20.8 Å². The van der Waals surface area contributed by atoms with Gasteiger partial charge in [0, 0.05) is 13.1 Å². The van der Waals surface area contributed by atoms with Crippen LogP contribution in [0.15, 0.2) is 23.0 Å². The van der Waals surface area contributed by atoms with Gasteiger partial charge in [0.2, 0.25) is 5.91 Å². The summed E-state index contributed by atoms with van der Waals surface area (Å²) in [6.45, 7) is 6.30. The lowest BCUT2D eigenvalue weighted by atomic mass is 10.0. The van der Waals surface area contributed by atoms with E-state index < -0.39 is 5.60 Å². The molecule has 8 nitrogen and oxygen atoms in total. The molecular weight excluding hydrogens is 338 g/mol. The molecule has 2 heterocycles. The molecule has 0 saturated carbocycles. The summed E-state index contributed by atoms with van der Waals surface area (Å²) in [5.74, 6) is -0.682.